The maximum atomic E-state index is 12.9. The molecule has 2 aliphatic carbocycles. The Kier molecular flexibility index (Phi) is 7.73. The lowest BCUT2D eigenvalue weighted by molar-refractivity contribution is -0.144. The molecule has 3 N–H and O–H groups in total. The summed E-state index contributed by atoms with van der Waals surface area (Å²) in [5.41, 5.74) is 4.66. The van der Waals surface area contributed by atoms with E-state index >= 15 is 0 Å². The van der Waals surface area contributed by atoms with Crippen LogP contribution in [0.1, 0.15) is 56.6 Å². The van der Waals surface area contributed by atoms with Crippen molar-refractivity contribution in [2.45, 2.75) is 51.5 Å². The monoisotopic (exact) mass is 478 g/mol. The van der Waals surface area contributed by atoms with Gasteiger partial charge in [0, 0.05) is 18.4 Å². The smallest absolute Gasteiger partial charge is 0.407 e. The Hall–Kier alpha value is -3.35. The van der Waals surface area contributed by atoms with Gasteiger partial charge < -0.3 is 20.5 Å². The Morgan fingerprint density at radius 2 is 1.57 bits per heavy atom. The molecule has 0 aliphatic heterocycles. The number of aliphatic carboxylic acids is 1. The number of ether oxygens (including phenoxy) is 1. The predicted octanol–water partition coefficient (Wildman–Crippen LogP) is 4.56. The van der Waals surface area contributed by atoms with E-state index in [2.05, 4.69) is 34.9 Å². The topological polar surface area (TPSA) is 105 Å². The number of hydrogen-bond acceptors (Lipinski definition) is 4. The minimum Gasteiger partial charge on any atom is -0.480 e. The summed E-state index contributed by atoms with van der Waals surface area (Å²) < 4.78 is 5.63. The normalized spacial score (nSPS) is 20.0. The number of rotatable bonds is 8. The summed E-state index contributed by atoms with van der Waals surface area (Å²) in [7, 11) is 0. The molecule has 2 amide bonds. The average molecular weight is 479 g/mol. The van der Waals surface area contributed by atoms with Crippen LogP contribution in [0.5, 0.6) is 0 Å². The lowest BCUT2D eigenvalue weighted by Crippen LogP contribution is -2.49. The van der Waals surface area contributed by atoms with Crippen molar-refractivity contribution in [2.24, 2.45) is 17.8 Å². The molecule has 0 saturated heterocycles. The molecule has 2 aliphatic rings. The fourth-order valence-electron chi connectivity index (χ4n) is 5.43. The van der Waals surface area contributed by atoms with Gasteiger partial charge in [0.2, 0.25) is 5.91 Å². The third kappa shape index (κ3) is 5.50. The second kappa shape index (κ2) is 10.9. The number of nitrogens with one attached hydrogen (secondary N) is 2. The average Bonchev–Trinajstić information content (AvgIpc) is 3.18. The van der Waals surface area contributed by atoms with E-state index in [-0.39, 0.29) is 36.2 Å². The highest BCUT2D eigenvalue weighted by molar-refractivity contribution is 5.85. The van der Waals surface area contributed by atoms with Gasteiger partial charge in [-0.05, 0) is 46.9 Å². The van der Waals surface area contributed by atoms with Crippen molar-refractivity contribution < 1.29 is 24.2 Å². The molecule has 35 heavy (non-hydrogen) atoms. The zero-order valence-corrected chi connectivity index (χ0v) is 20.3. The van der Waals surface area contributed by atoms with Gasteiger partial charge >= 0.3 is 12.1 Å². The number of hydrogen-bond donors (Lipinski definition) is 3. The van der Waals surface area contributed by atoms with Gasteiger partial charge in [-0.2, -0.15) is 0 Å². The highest BCUT2D eigenvalue weighted by Crippen LogP contribution is 2.44. The number of carboxylic acid groups (broad SMARTS) is 1. The molecule has 2 unspecified atom stereocenters. The van der Waals surface area contributed by atoms with Crippen LogP contribution in [-0.4, -0.2) is 42.3 Å². The van der Waals surface area contributed by atoms with Crippen molar-refractivity contribution in [1.29, 1.82) is 0 Å². The minimum absolute atomic E-state index is 0.00894. The van der Waals surface area contributed by atoms with E-state index in [4.69, 9.17) is 4.74 Å². The third-order valence-electron chi connectivity index (χ3n) is 7.33. The van der Waals surface area contributed by atoms with E-state index in [1.807, 2.05) is 24.3 Å². The van der Waals surface area contributed by atoms with Crippen molar-refractivity contribution in [3.8, 4) is 11.1 Å². The van der Waals surface area contributed by atoms with Crippen molar-refractivity contribution in [3.05, 3.63) is 59.7 Å². The molecule has 186 valence electrons. The first kappa shape index (κ1) is 24.8. The summed E-state index contributed by atoms with van der Waals surface area (Å²) >= 11 is 0. The van der Waals surface area contributed by atoms with Crippen LogP contribution in [0.25, 0.3) is 11.1 Å². The number of fused-ring (bicyclic) bond motifs is 3. The van der Waals surface area contributed by atoms with E-state index in [1.165, 1.54) is 11.1 Å². The summed E-state index contributed by atoms with van der Waals surface area (Å²) in [6.45, 7) is 4.11. The highest BCUT2D eigenvalue weighted by Gasteiger charge is 2.34. The number of carbonyl (C=O) groups is 3. The molecule has 0 heterocycles. The van der Waals surface area contributed by atoms with Gasteiger partial charge in [0.25, 0.3) is 0 Å². The third-order valence-corrected chi connectivity index (χ3v) is 7.33. The molecule has 0 radical (unpaired) electrons. The van der Waals surface area contributed by atoms with Gasteiger partial charge in [0.15, 0.2) is 0 Å². The zero-order valence-electron chi connectivity index (χ0n) is 20.3. The maximum Gasteiger partial charge on any atom is 0.407 e. The van der Waals surface area contributed by atoms with Gasteiger partial charge in [-0.15, -0.1) is 0 Å². The van der Waals surface area contributed by atoms with Crippen LogP contribution in [0.3, 0.4) is 0 Å². The molecule has 4 rings (SSSR count). The standard InChI is InChI=1S/C28H34N2O5/c1-17(2)25(27(32)33)30-26(31)19-10-4-3-9-18(19)15-29-28(34)35-16-24-22-13-7-5-11-20(22)21-12-6-8-14-23(21)24/h5-8,11-14,17-19,24-25H,3-4,9-10,15-16H2,1-2H3,(H,29,34)(H,30,31)(H,32,33)/t18?,19?,25-/m0/s1. The Morgan fingerprint density at radius 3 is 2.17 bits per heavy atom. The second-order valence-corrected chi connectivity index (χ2v) is 9.93. The molecule has 1 fully saturated rings. The van der Waals surface area contributed by atoms with Crippen LogP contribution in [0, 0.1) is 17.8 Å². The van der Waals surface area contributed by atoms with Crippen molar-refractivity contribution in [1.82, 2.24) is 10.6 Å². The molecule has 0 aromatic heterocycles. The Balaban J connectivity index is 1.33. The second-order valence-electron chi connectivity index (χ2n) is 9.93. The van der Waals surface area contributed by atoms with Crippen LogP contribution < -0.4 is 10.6 Å². The summed E-state index contributed by atoms with van der Waals surface area (Å²) in [6.07, 6.45) is 2.89. The largest absolute Gasteiger partial charge is 0.480 e. The summed E-state index contributed by atoms with van der Waals surface area (Å²) in [4.78, 5) is 37.0. The van der Waals surface area contributed by atoms with E-state index in [0.29, 0.717) is 13.0 Å². The van der Waals surface area contributed by atoms with Gasteiger partial charge in [0.05, 0.1) is 0 Å². The van der Waals surface area contributed by atoms with Crippen LogP contribution in [0.15, 0.2) is 48.5 Å². The first-order valence-corrected chi connectivity index (χ1v) is 12.5. The Morgan fingerprint density at radius 1 is 0.971 bits per heavy atom. The number of alkyl carbamates (subject to hydrolysis) is 1. The van der Waals surface area contributed by atoms with Crippen LogP contribution in [0.2, 0.25) is 0 Å². The van der Waals surface area contributed by atoms with Crippen LogP contribution in [-0.2, 0) is 14.3 Å². The van der Waals surface area contributed by atoms with Gasteiger partial charge in [-0.25, -0.2) is 9.59 Å². The first-order chi connectivity index (χ1) is 16.9. The fraction of sp³-hybridized carbons (Fsp3) is 0.464. The lowest BCUT2D eigenvalue weighted by Gasteiger charge is -2.32. The molecule has 3 atom stereocenters. The lowest BCUT2D eigenvalue weighted by atomic mass is 9.78. The molecular formula is C28H34N2O5. The van der Waals surface area contributed by atoms with Gasteiger partial charge in [0.1, 0.15) is 12.6 Å². The molecule has 2 aromatic rings. The van der Waals surface area contributed by atoms with Crippen LogP contribution in [0.4, 0.5) is 4.79 Å². The molecule has 0 spiro atoms. The molecule has 2 aromatic carbocycles. The van der Waals surface area contributed by atoms with E-state index < -0.39 is 18.1 Å². The zero-order chi connectivity index (χ0) is 24.9. The Labute approximate surface area is 206 Å². The summed E-state index contributed by atoms with van der Waals surface area (Å²) in [6, 6.07) is 15.5. The van der Waals surface area contributed by atoms with Crippen LogP contribution >= 0.6 is 0 Å². The number of benzene rings is 2. The quantitative estimate of drug-likeness (QED) is 0.516. The summed E-state index contributed by atoms with van der Waals surface area (Å²) in [5, 5.41) is 15.0. The predicted molar refractivity (Wildman–Crippen MR) is 133 cm³/mol. The first-order valence-electron chi connectivity index (χ1n) is 12.5. The van der Waals surface area contributed by atoms with E-state index in [1.54, 1.807) is 13.8 Å². The maximum absolute atomic E-state index is 12.9. The fourth-order valence-corrected chi connectivity index (χ4v) is 5.43. The summed E-state index contributed by atoms with van der Waals surface area (Å²) in [5.74, 6) is -1.87. The van der Waals surface area contributed by atoms with Crippen molar-refractivity contribution in [2.75, 3.05) is 13.2 Å². The van der Waals surface area contributed by atoms with E-state index in [9.17, 15) is 19.5 Å². The number of amides is 2. The van der Waals surface area contributed by atoms with Gasteiger partial charge in [-0.1, -0.05) is 75.2 Å². The molecule has 1 saturated carbocycles. The van der Waals surface area contributed by atoms with Crippen molar-refractivity contribution in [3.63, 3.8) is 0 Å². The van der Waals surface area contributed by atoms with E-state index in [0.717, 1.165) is 30.4 Å². The SMILES string of the molecule is CC(C)[C@H](NC(=O)C1CCCCC1CNC(=O)OCC1c2ccccc2-c2ccccc21)C(=O)O. The Bertz CT molecular complexity index is 1040. The van der Waals surface area contributed by atoms with Crippen molar-refractivity contribution >= 4 is 18.0 Å². The minimum atomic E-state index is -1.03. The molecule has 7 heteroatoms. The highest BCUT2D eigenvalue weighted by atomic mass is 16.5. The molecule has 7 nitrogen and oxygen atoms in total. The number of carbonyl (C=O) groups excluding carboxylic acids is 2. The number of carboxylic acids is 1. The molecule has 0 bridgehead atoms. The molecular weight excluding hydrogens is 444 g/mol. The van der Waals surface area contributed by atoms with Gasteiger partial charge in [-0.3, -0.25) is 4.79 Å².